The van der Waals surface area contributed by atoms with Crippen molar-refractivity contribution in [2.45, 2.75) is 31.7 Å². The van der Waals surface area contributed by atoms with Gasteiger partial charge in [0.25, 0.3) is 0 Å². The molecule has 0 aromatic heterocycles. The Morgan fingerprint density at radius 1 is 1.47 bits per heavy atom. The maximum absolute atomic E-state index is 13.2. The van der Waals surface area contributed by atoms with Crippen molar-refractivity contribution in [3.8, 4) is 0 Å². The van der Waals surface area contributed by atoms with Crippen LogP contribution in [0.2, 0.25) is 0 Å². The van der Waals surface area contributed by atoms with Gasteiger partial charge in [0.05, 0.1) is 5.54 Å². The second-order valence-electron chi connectivity index (χ2n) is 4.43. The van der Waals surface area contributed by atoms with Gasteiger partial charge in [-0.15, -0.1) is 12.4 Å². The molecule has 1 fully saturated rings. The molecular weight excluding hydrogens is 243 g/mol. The van der Waals surface area contributed by atoms with Crippen LogP contribution in [-0.2, 0) is 4.79 Å². The van der Waals surface area contributed by atoms with Gasteiger partial charge in [0.1, 0.15) is 5.82 Å². The van der Waals surface area contributed by atoms with Crippen LogP contribution in [0.4, 0.5) is 10.1 Å². The lowest BCUT2D eigenvalue weighted by Gasteiger charge is -2.36. The van der Waals surface area contributed by atoms with E-state index in [4.69, 9.17) is 5.73 Å². The molecular formula is C12H16ClFN2O. The SMILES string of the molecule is Cc1ccc(NC(=O)C2(N)CCC2)cc1F.Cl. The Labute approximate surface area is 106 Å². The second kappa shape index (κ2) is 5.02. The lowest BCUT2D eigenvalue weighted by molar-refractivity contribution is -0.123. The maximum atomic E-state index is 13.2. The number of rotatable bonds is 2. The van der Waals surface area contributed by atoms with Gasteiger partial charge in [0.15, 0.2) is 0 Å². The third-order valence-corrected chi connectivity index (χ3v) is 3.13. The number of amides is 1. The van der Waals surface area contributed by atoms with Crippen molar-refractivity contribution in [2.75, 3.05) is 5.32 Å². The maximum Gasteiger partial charge on any atom is 0.244 e. The third-order valence-electron chi connectivity index (χ3n) is 3.13. The molecule has 3 nitrogen and oxygen atoms in total. The molecule has 2 rings (SSSR count). The second-order valence-corrected chi connectivity index (χ2v) is 4.43. The summed E-state index contributed by atoms with van der Waals surface area (Å²) in [6.07, 6.45) is 2.38. The number of aryl methyl sites for hydroxylation is 1. The van der Waals surface area contributed by atoms with Gasteiger partial charge in [0.2, 0.25) is 5.91 Å². The first-order valence-electron chi connectivity index (χ1n) is 5.38. The van der Waals surface area contributed by atoms with E-state index in [1.165, 1.54) is 6.07 Å². The Morgan fingerprint density at radius 3 is 2.59 bits per heavy atom. The summed E-state index contributed by atoms with van der Waals surface area (Å²) in [4.78, 5) is 11.8. The van der Waals surface area contributed by atoms with Crippen LogP contribution in [0.3, 0.4) is 0 Å². The molecule has 94 valence electrons. The summed E-state index contributed by atoms with van der Waals surface area (Å²) in [5.41, 5.74) is 6.13. The lowest BCUT2D eigenvalue weighted by atomic mass is 9.77. The van der Waals surface area contributed by atoms with Crippen molar-refractivity contribution in [3.63, 3.8) is 0 Å². The van der Waals surface area contributed by atoms with Crippen molar-refractivity contribution in [1.29, 1.82) is 0 Å². The summed E-state index contributed by atoms with van der Waals surface area (Å²) in [5, 5.41) is 2.65. The molecule has 17 heavy (non-hydrogen) atoms. The zero-order valence-corrected chi connectivity index (χ0v) is 10.4. The molecule has 1 aliphatic carbocycles. The number of halogens is 2. The first-order valence-corrected chi connectivity index (χ1v) is 5.38. The van der Waals surface area contributed by atoms with Crippen molar-refractivity contribution in [3.05, 3.63) is 29.6 Å². The lowest BCUT2D eigenvalue weighted by Crippen LogP contribution is -2.56. The molecule has 1 amide bonds. The summed E-state index contributed by atoms with van der Waals surface area (Å²) >= 11 is 0. The van der Waals surface area contributed by atoms with E-state index >= 15 is 0 Å². The molecule has 0 heterocycles. The minimum absolute atomic E-state index is 0. The highest BCUT2D eigenvalue weighted by Gasteiger charge is 2.40. The largest absolute Gasteiger partial charge is 0.324 e. The van der Waals surface area contributed by atoms with E-state index < -0.39 is 5.54 Å². The number of nitrogens with one attached hydrogen (secondary N) is 1. The Bertz CT molecular complexity index is 433. The van der Waals surface area contributed by atoms with Crippen molar-refractivity contribution >= 4 is 24.0 Å². The molecule has 1 aromatic rings. The monoisotopic (exact) mass is 258 g/mol. The van der Waals surface area contributed by atoms with Crippen molar-refractivity contribution in [2.24, 2.45) is 5.73 Å². The Balaban J connectivity index is 0.00000144. The van der Waals surface area contributed by atoms with E-state index in [1.807, 2.05) is 0 Å². The van der Waals surface area contributed by atoms with E-state index in [1.54, 1.807) is 19.1 Å². The quantitative estimate of drug-likeness (QED) is 0.856. The molecule has 0 spiro atoms. The van der Waals surface area contributed by atoms with Gasteiger partial charge in [-0.1, -0.05) is 6.07 Å². The molecule has 0 saturated heterocycles. The molecule has 3 N–H and O–H groups in total. The first kappa shape index (κ1) is 13.9. The molecule has 0 atom stereocenters. The van der Waals surface area contributed by atoms with Gasteiger partial charge in [-0.05, 0) is 43.9 Å². The molecule has 1 saturated carbocycles. The van der Waals surface area contributed by atoms with Crippen LogP contribution < -0.4 is 11.1 Å². The first-order chi connectivity index (χ1) is 7.51. The number of hydrogen-bond donors (Lipinski definition) is 2. The van der Waals surface area contributed by atoms with Crippen LogP contribution in [0, 0.1) is 12.7 Å². The van der Waals surface area contributed by atoms with Crippen LogP contribution in [0.1, 0.15) is 24.8 Å². The van der Waals surface area contributed by atoms with Crippen LogP contribution >= 0.6 is 12.4 Å². The molecule has 0 unspecified atom stereocenters. The fourth-order valence-corrected chi connectivity index (χ4v) is 1.71. The predicted octanol–water partition coefficient (Wildman–Crippen LogP) is 2.38. The minimum Gasteiger partial charge on any atom is -0.324 e. The minimum atomic E-state index is -0.749. The Kier molecular flexibility index (Phi) is 4.11. The standard InChI is InChI=1S/C12H15FN2O.ClH/c1-8-3-4-9(7-10(8)13)15-11(16)12(14)5-2-6-12;/h3-4,7H,2,5-6,14H2,1H3,(H,15,16);1H. The predicted molar refractivity (Wildman–Crippen MR) is 67.8 cm³/mol. The van der Waals surface area contributed by atoms with Gasteiger partial charge in [-0.3, -0.25) is 4.79 Å². The number of carbonyl (C=O) groups excluding carboxylic acids is 1. The van der Waals surface area contributed by atoms with Gasteiger partial charge < -0.3 is 11.1 Å². The number of benzene rings is 1. The van der Waals surface area contributed by atoms with Crippen LogP contribution in [0.5, 0.6) is 0 Å². The van der Waals surface area contributed by atoms with Crippen LogP contribution in [0.15, 0.2) is 18.2 Å². The summed E-state index contributed by atoms with van der Waals surface area (Å²) in [7, 11) is 0. The molecule has 0 aliphatic heterocycles. The van der Waals surface area contributed by atoms with E-state index in [-0.39, 0.29) is 24.1 Å². The third kappa shape index (κ3) is 2.76. The van der Waals surface area contributed by atoms with Crippen molar-refractivity contribution in [1.82, 2.24) is 0 Å². The number of anilines is 1. The van der Waals surface area contributed by atoms with E-state index in [0.717, 1.165) is 6.42 Å². The highest BCUT2D eigenvalue weighted by molar-refractivity contribution is 5.98. The summed E-state index contributed by atoms with van der Waals surface area (Å²) in [6, 6.07) is 4.63. The fourth-order valence-electron chi connectivity index (χ4n) is 1.71. The number of nitrogens with two attached hydrogens (primary N) is 1. The smallest absolute Gasteiger partial charge is 0.244 e. The average molecular weight is 259 g/mol. The zero-order chi connectivity index (χ0) is 11.8. The molecule has 5 heteroatoms. The highest BCUT2D eigenvalue weighted by Crippen LogP contribution is 2.30. The van der Waals surface area contributed by atoms with Crippen LogP contribution in [-0.4, -0.2) is 11.4 Å². The Morgan fingerprint density at radius 2 is 2.12 bits per heavy atom. The number of carbonyl (C=O) groups is 1. The van der Waals surface area contributed by atoms with E-state index in [0.29, 0.717) is 24.1 Å². The normalized spacial score (nSPS) is 16.6. The summed E-state index contributed by atoms with van der Waals surface area (Å²) in [6.45, 7) is 1.68. The average Bonchev–Trinajstić information content (AvgIpc) is 2.20. The highest BCUT2D eigenvalue weighted by atomic mass is 35.5. The van der Waals surface area contributed by atoms with Crippen molar-refractivity contribution < 1.29 is 9.18 Å². The molecule has 1 aliphatic rings. The van der Waals surface area contributed by atoms with E-state index in [2.05, 4.69) is 5.32 Å². The Hall–Kier alpha value is -1.13. The molecule has 1 aromatic carbocycles. The van der Waals surface area contributed by atoms with Crippen LogP contribution in [0.25, 0.3) is 0 Å². The van der Waals surface area contributed by atoms with Gasteiger partial charge in [-0.25, -0.2) is 4.39 Å². The fraction of sp³-hybridized carbons (Fsp3) is 0.417. The summed E-state index contributed by atoms with van der Waals surface area (Å²) in [5.74, 6) is -0.542. The molecule has 0 radical (unpaired) electrons. The number of hydrogen-bond acceptors (Lipinski definition) is 2. The van der Waals surface area contributed by atoms with Gasteiger partial charge >= 0.3 is 0 Å². The molecule has 0 bridgehead atoms. The van der Waals surface area contributed by atoms with Gasteiger partial charge in [-0.2, -0.15) is 0 Å². The topological polar surface area (TPSA) is 55.1 Å². The van der Waals surface area contributed by atoms with Gasteiger partial charge in [0, 0.05) is 5.69 Å². The summed E-state index contributed by atoms with van der Waals surface area (Å²) < 4.78 is 13.2. The van der Waals surface area contributed by atoms with E-state index in [9.17, 15) is 9.18 Å². The zero-order valence-electron chi connectivity index (χ0n) is 9.63.